The van der Waals surface area contributed by atoms with Gasteiger partial charge in [-0.25, -0.2) is 0 Å². The zero-order chi connectivity index (χ0) is 8.43. The lowest BCUT2D eigenvalue weighted by Crippen LogP contribution is -2.07. The van der Waals surface area contributed by atoms with E-state index in [4.69, 9.17) is 5.73 Å². The van der Waals surface area contributed by atoms with Crippen LogP contribution in [0.4, 0.5) is 0 Å². The lowest BCUT2D eigenvalue weighted by Gasteiger charge is -2.05. The van der Waals surface area contributed by atoms with Gasteiger partial charge in [0.25, 0.3) is 0 Å². The van der Waals surface area contributed by atoms with Crippen LogP contribution in [0.5, 0.6) is 0 Å². The second-order valence-corrected chi connectivity index (χ2v) is 4.44. The molecule has 3 heteroatoms. The van der Waals surface area contributed by atoms with Gasteiger partial charge in [-0.1, -0.05) is 6.92 Å². The van der Waals surface area contributed by atoms with E-state index in [0.717, 1.165) is 6.54 Å². The van der Waals surface area contributed by atoms with Gasteiger partial charge in [0, 0.05) is 15.3 Å². The van der Waals surface area contributed by atoms with Gasteiger partial charge in [0.1, 0.15) is 0 Å². The molecule has 0 aromatic carbocycles. The minimum absolute atomic E-state index is 0.475. The first kappa shape index (κ1) is 9.23. The van der Waals surface area contributed by atoms with Crippen molar-refractivity contribution in [2.45, 2.75) is 19.8 Å². The molecule has 1 atom stereocenters. The summed E-state index contributed by atoms with van der Waals surface area (Å²) < 4.78 is 1.24. The topological polar surface area (TPSA) is 26.0 Å². The van der Waals surface area contributed by atoms with Crippen molar-refractivity contribution in [2.24, 2.45) is 5.73 Å². The van der Waals surface area contributed by atoms with Gasteiger partial charge in [0.05, 0.1) is 0 Å². The van der Waals surface area contributed by atoms with Crippen molar-refractivity contribution in [2.75, 3.05) is 6.54 Å². The summed E-state index contributed by atoms with van der Waals surface area (Å²) in [6.45, 7) is 4.97. The fourth-order valence-corrected chi connectivity index (χ4v) is 2.84. The zero-order valence-electron chi connectivity index (χ0n) is 6.73. The first-order chi connectivity index (χ1) is 5.16. The Morgan fingerprint density at radius 2 is 2.36 bits per heavy atom. The van der Waals surface area contributed by atoms with Crippen LogP contribution in [-0.2, 0) is 0 Å². The first-order valence-electron chi connectivity index (χ1n) is 3.60. The number of hydrogen-bond donors (Lipinski definition) is 1. The SMILES string of the molecule is Cc1csc(C(C)CN)c1Br. The van der Waals surface area contributed by atoms with Crippen LogP contribution in [0.15, 0.2) is 9.85 Å². The Morgan fingerprint density at radius 3 is 2.73 bits per heavy atom. The fourth-order valence-electron chi connectivity index (χ4n) is 0.889. The highest BCUT2D eigenvalue weighted by molar-refractivity contribution is 9.10. The van der Waals surface area contributed by atoms with Crippen LogP contribution in [0.2, 0.25) is 0 Å². The molecule has 0 bridgehead atoms. The van der Waals surface area contributed by atoms with Gasteiger partial charge in [-0.3, -0.25) is 0 Å². The highest BCUT2D eigenvalue weighted by Crippen LogP contribution is 2.32. The third kappa shape index (κ3) is 1.83. The van der Waals surface area contributed by atoms with Crippen molar-refractivity contribution < 1.29 is 0 Å². The molecule has 0 aliphatic carbocycles. The Morgan fingerprint density at radius 1 is 1.73 bits per heavy atom. The molecule has 2 N–H and O–H groups in total. The molecule has 0 radical (unpaired) electrons. The minimum Gasteiger partial charge on any atom is -0.330 e. The van der Waals surface area contributed by atoms with Crippen LogP contribution < -0.4 is 5.73 Å². The van der Waals surface area contributed by atoms with Crippen molar-refractivity contribution in [3.63, 3.8) is 0 Å². The lowest BCUT2D eigenvalue weighted by molar-refractivity contribution is 0.786. The summed E-state index contributed by atoms with van der Waals surface area (Å²) in [7, 11) is 0. The Kier molecular flexibility index (Phi) is 3.10. The molecule has 1 unspecified atom stereocenters. The summed E-state index contributed by atoms with van der Waals surface area (Å²) in [6.07, 6.45) is 0. The molecule has 0 saturated carbocycles. The third-order valence-corrected chi connectivity index (χ3v) is 4.37. The maximum absolute atomic E-state index is 5.57. The largest absolute Gasteiger partial charge is 0.330 e. The van der Waals surface area contributed by atoms with Crippen molar-refractivity contribution in [3.05, 3.63) is 20.3 Å². The second kappa shape index (κ2) is 3.70. The van der Waals surface area contributed by atoms with E-state index in [0.29, 0.717) is 5.92 Å². The van der Waals surface area contributed by atoms with Crippen molar-refractivity contribution >= 4 is 27.3 Å². The van der Waals surface area contributed by atoms with Crippen LogP contribution in [-0.4, -0.2) is 6.54 Å². The van der Waals surface area contributed by atoms with Gasteiger partial charge in [0.15, 0.2) is 0 Å². The van der Waals surface area contributed by atoms with Crippen molar-refractivity contribution in [3.8, 4) is 0 Å². The molecule has 0 aliphatic heterocycles. The molecule has 0 saturated heterocycles. The molecule has 1 nitrogen and oxygen atoms in total. The number of halogens is 1. The summed E-state index contributed by atoms with van der Waals surface area (Å²) in [5.74, 6) is 0.475. The molecule has 1 rings (SSSR count). The molecule has 62 valence electrons. The lowest BCUT2D eigenvalue weighted by atomic mass is 10.1. The van der Waals surface area contributed by atoms with E-state index in [1.807, 2.05) is 0 Å². The molecule has 11 heavy (non-hydrogen) atoms. The zero-order valence-corrected chi connectivity index (χ0v) is 9.13. The average molecular weight is 234 g/mol. The summed E-state index contributed by atoms with van der Waals surface area (Å²) >= 11 is 5.33. The summed E-state index contributed by atoms with van der Waals surface area (Å²) in [5, 5.41) is 2.16. The number of aryl methyl sites for hydroxylation is 1. The highest BCUT2D eigenvalue weighted by atomic mass is 79.9. The molecular formula is C8H12BrNS. The predicted molar refractivity (Wildman–Crippen MR) is 54.2 cm³/mol. The maximum Gasteiger partial charge on any atom is 0.0346 e. The number of rotatable bonds is 2. The van der Waals surface area contributed by atoms with Crippen LogP contribution >= 0.6 is 27.3 Å². The standard InChI is InChI=1S/C8H12BrNS/c1-5(3-10)8-7(9)6(2)4-11-8/h4-5H,3,10H2,1-2H3. The Hall–Kier alpha value is 0.140. The number of nitrogens with two attached hydrogens (primary N) is 1. The molecular weight excluding hydrogens is 222 g/mol. The summed E-state index contributed by atoms with van der Waals surface area (Å²) in [6, 6.07) is 0. The molecule has 0 spiro atoms. The molecule has 1 aromatic heterocycles. The van der Waals surface area contributed by atoms with Gasteiger partial charge in [0.2, 0.25) is 0 Å². The van der Waals surface area contributed by atoms with Crippen molar-refractivity contribution in [1.82, 2.24) is 0 Å². The van der Waals surface area contributed by atoms with Gasteiger partial charge < -0.3 is 5.73 Å². The highest BCUT2D eigenvalue weighted by Gasteiger charge is 2.10. The number of thiophene rings is 1. The fraction of sp³-hybridized carbons (Fsp3) is 0.500. The second-order valence-electron chi connectivity index (χ2n) is 2.73. The quantitative estimate of drug-likeness (QED) is 0.836. The maximum atomic E-state index is 5.57. The van der Waals surface area contributed by atoms with Crippen LogP contribution in [0.25, 0.3) is 0 Å². The van der Waals surface area contributed by atoms with Gasteiger partial charge >= 0.3 is 0 Å². The van der Waals surface area contributed by atoms with Gasteiger partial charge in [-0.05, 0) is 40.3 Å². The molecule has 0 aliphatic rings. The van der Waals surface area contributed by atoms with Crippen molar-refractivity contribution in [1.29, 1.82) is 0 Å². The molecule has 0 fully saturated rings. The molecule has 1 heterocycles. The molecule has 1 aromatic rings. The van der Waals surface area contributed by atoms with E-state index >= 15 is 0 Å². The Balaban J connectivity index is 2.94. The Bertz CT molecular complexity index is 244. The predicted octanol–water partition coefficient (Wildman–Crippen LogP) is 2.88. The Labute approximate surface area is 79.7 Å². The third-order valence-electron chi connectivity index (χ3n) is 1.73. The normalized spacial score (nSPS) is 13.5. The van der Waals surface area contributed by atoms with E-state index in [1.165, 1.54) is 14.9 Å². The van der Waals surface area contributed by atoms with E-state index in [2.05, 4.69) is 35.2 Å². The smallest absolute Gasteiger partial charge is 0.0346 e. The van der Waals surface area contributed by atoms with Crippen LogP contribution in [0.1, 0.15) is 23.3 Å². The van der Waals surface area contributed by atoms with Gasteiger partial charge in [-0.2, -0.15) is 0 Å². The minimum atomic E-state index is 0.475. The van der Waals surface area contributed by atoms with E-state index in [9.17, 15) is 0 Å². The number of hydrogen-bond acceptors (Lipinski definition) is 2. The van der Waals surface area contributed by atoms with E-state index < -0.39 is 0 Å². The average Bonchev–Trinajstić information content (AvgIpc) is 2.32. The summed E-state index contributed by atoms with van der Waals surface area (Å²) in [5.41, 5.74) is 6.88. The first-order valence-corrected chi connectivity index (χ1v) is 5.27. The monoisotopic (exact) mass is 233 g/mol. The van der Waals surface area contributed by atoms with Gasteiger partial charge in [-0.15, -0.1) is 11.3 Å². The van der Waals surface area contributed by atoms with Crippen LogP contribution in [0.3, 0.4) is 0 Å². The summed E-state index contributed by atoms with van der Waals surface area (Å²) in [4.78, 5) is 1.37. The molecule has 0 amide bonds. The van der Waals surface area contributed by atoms with E-state index in [1.54, 1.807) is 11.3 Å². The van der Waals surface area contributed by atoms with Crippen LogP contribution in [0, 0.1) is 6.92 Å². The van der Waals surface area contributed by atoms with E-state index in [-0.39, 0.29) is 0 Å².